The smallest absolute Gasteiger partial charge is 0.253 e. The van der Waals surface area contributed by atoms with E-state index in [1.807, 2.05) is 47.3 Å². The van der Waals surface area contributed by atoms with Gasteiger partial charge >= 0.3 is 0 Å². The normalized spacial score (nSPS) is 12.0. The van der Waals surface area contributed by atoms with E-state index in [1.165, 1.54) is 0 Å². The van der Waals surface area contributed by atoms with Gasteiger partial charge in [-0.05, 0) is 52.2 Å². The van der Waals surface area contributed by atoms with Crippen LogP contribution < -0.4 is 5.32 Å². The Balaban J connectivity index is 1.89. The largest absolute Gasteiger partial charge is 0.340 e. The average molecular weight is 346 g/mol. The molecule has 22 heavy (non-hydrogen) atoms. The van der Waals surface area contributed by atoms with Gasteiger partial charge in [-0.3, -0.25) is 4.79 Å². The molecular weight excluding hydrogens is 330 g/mol. The van der Waals surface area contributed by atoms with Crippen LogP contribution in [0, 0.1) is 0 Å². The molecule has 2 heterocycles. The molecule has 2 aromatic heterocycles. The quantitative estimate of drug-likeness (QED) is 0.656. The number of benzene rings is 1. The number of amides is 1. The van der Waals surface area contributed by atoms with Crippen LogP contribution >= 0.6 is 34.4 Å². The van der Waals surface area contributed by atoms with Crippen LogP contribution in [0.25, 0.3) is 0 Å². The molecule has 0 fully saturated rings. The molecule has 3 aromatic rings. The van der Waals surface area contributed by atoms with Crippen LogP contribution in [0.15, 0.2) is 63.5 Å². The number of carbonyl (C=O) groups excluding carboxylic acids is 1. The number of rotatable bonds is 5. The van der Waals surface area contributed by atoms with Crippen LogP contribution in [0.5, 0.6) is 0 Å². The summed E-state index contributed by atoms with van der Waals surface area (Å²) in [5.74, 6) is -0.0328. The Labute approximate surface area is 142 Å². The summed E-state index contributed by atoms with van der Waals surface area (Å²) in [4.78, 5) is 14.9. The zero-order chi connectivity index (χ0) is 15.4. The zero-order valence-corrected chi connectivity index (χ0v) is 14.4. The van der Waals surface area contributed by atoms with Gasteiger partial charge in [0.2, 0.25) is 0 Å². The second kappa shape index (κ2) is 7.13. The van der Waals surface area contributed by atoms with Crippen molar-refractivity contribution in [1.29, 1.82) is 0 Å². The standard InChI is InChI=1S/C17H15NOS3/c1-20-14-6-3-2-5-13(14)17(19)18-16(12-8-10-21-11-12)15-7-4-9-22-15/h2-11,16H,1H3,(H,18,19)/t16-/m0/s1. The zero-order valence-electron chi connectivity index (χ0n) is 12.0. The maximum atomic E-state index is 12.7. The van der Waals surface area contributed by atoms with E-state index < -0.39 is 0 Å². The van der Waals surface area contributed by atoms with E-state index in [0.717, 1.165) is 20.9 Å². The molecule has 2 nitrogen and oxygen atoms in total. The molecule has 0 radical (unpaired) electrons. The first kappa shape index (κ1) is 15.3. The monoisotopic (exact) mass is 345 g/mol. The number of hydrogen-bond donors (Lipinski definition) is 1. The van der Waals surface area contributed by atoms with Crippen molar-refractivity contribution in [3.8, 4) is 0 Å². The highest BCUT2D eigenvalue weighted by atomic mass is 32.2. The average Bonchev–Trinajstić information content (AvgIpc) is 3.25. The van der Waals surface area contributed by atoms with Crippen LogP contribution in [0.2, 0.25) is 0 Å². The third-order valence-corrected chi connectivity index (χ3v) is 5.77. The van der Waals surface area contributed by atoms with Crippen molar-refractivity contribution in [2.75, 3.05) is 6.26 Å². The van der Waals surface area contributed by atoms with Crippen LogP contribution in [0.1, 0.15) is 26.8 Å². The molecule has 1 aromatic carbocycles. The highest BCUT2D eigenvalue weighted by molar-refractivity contribution is 7.98. The van der Waals surface area contributed by atoms with Crippen LogP contribution in [0.4, 0.5) is 0 Å². The van der Waals surface area contributed by atoms with Crippen molar-refractivity contribution in [3.63, 3.8) is 0 Å². The lowest BCUT2D eigenvalue weighted by Gasteiger charge is -2.17. The Morgan fingerprint density at radius 2 is 2.00 bits per heavy atom. The fourth-order valence-corrected chi connectivity index (χ4v) is 4.34. The second-order valence-electron chi connectivity index (χ2n) is 4.68. The highest BCUT2D eigenvalue weighted by Crippen LogP contribution is 2.28. The van der Waals surface area contributed by atoms with E-state index in [-0.39, 0.29) is 11.9 Å². The molecule has 0 aliphatic carbocycles. The van der Waals surface area contributed by atoms with Crippen molar-refractivity contribution in [2.45, 2.75) is 10.9 Å². The van der Waals surface area contributed by atoms with Crippen LogP contribution in [-0.2, 0) is 0 Å². The number of carbonyl (C=O) groups is 1. The predicted molar refractivity (Wildman–Crippen MR) is 96.2 cm³/mol. The predicted octanol–water partition coefficient (Wildman–Crippen LogP) is 5.05. The molecule has 1 N–H and O–H groups in total. The van der Waals surface area contributed by atoms with E-state index in [4.69, 9.17) is 0 Å². The molecule has 1 atom stereocenters. The first-order valence-electron chi connectivity index (χ1n) is 6.79. The molecule has 112 valence electrons. The number of thiophene rings is 2. The van der Waals surface area contributed by atoms with Gasteiger partial charge in [-0.15, -0.1) is 23.1 Å². The van der Waals surface area contributed by atoms with Crippen molar-refractivity contribution < 1.29 is 4.79 Å². The summed E-state index contributed by atoms with van der Waals surface area (Å²) in [7, 11) is 0. The minimum Gasteiger partial charge on any atom is -0.340 e. The van der Waals surface area contributed by atoms with Gasteiger partial charge in [0.15, 0.2) is 0 Å². The fraction of sp³-hybridized carbons (Fsp3) is 0.118. The van der Waals surface area contributed by atoms with E-state index in [1.54, 1.807) is 34.4 Å². The Morgan fingerprint density at radius 3 is 2.68 bits per heavy atom. The van der Waals surface area contributed by atoms with E-state index in [2.05, 4.69) is 22.8 Å². The van der Waals surface area contributed by atoms with Crippen LogP contribution in [-0.4, -0.2) is 12.2 Å². The first-order valence-corrected chi connectivity index (χ1v) is 9.83. The Hall–Kier alpha value is -1.56. The fourth-order valence-electron chi connectivity index (χ4n) is 2.25. The van der Waals surface area contributed by atoms with Crippen molar-refractivity contribution in [1.82, 2.24) is 5.32 Å². The molecule has 0 unspecified atom stereocenters. The molecule has 0 saturated heterocycles. The maximum Gasteiger partial charge on any atom is 0.253 e. The number of nitrogens with one attached hydrogen (secondary N) is 1. The Bertz CT molecular complexity index is 701. The minimum absolute atomic E-state index is 0.0328. The molecule has 0 bridgehead atoms. The summed E-state index contributed by atoms with van der Waals surface area (Å²) < 4.78 is 0. The van der Waals surface area contributed by atoms with Crippen LogP contribution in [0.3, 0.4) is 0 Å². The van der Waals surface area contributed by atoms with Crippen molar-refractivity contribution in [3.05, 3.63) is 74.6 Å². The molecule has 0 aliphatic rings. The maximum absolute atomic E-state index is 12.7. The van der Waals surface area contributed by atoms with Gasteiger partial charge in [0.1, 0.15) is 0 Å². The SMILES string of the molecule is CSc1ccccc1C(=O)N[C@@H](c1ccsc1)c1cccs1. The molecule has 0 spiro atoms. The minimum atomic E-state index is -0.0892. The summed E-state index contributed by atoms with van der Waals surface area (Å²) in [6.45, 7) is 0. The van der Waals surface area contributed by atoms with E-state index in [0.29, 0.717) is 0 Å². The third kappa shape index (κ3) is 3.27. The number of thioether (sulfide) groups is 1. The Morgan fingerprint density at radius 1 is 1.14 bits per heavy atom. The first-order chi connectivity index (χ1) is 10.8. The van der Waals surface area contributed by atoms with Gasteiger partial charge in [-0.1, -0.05) is 18.2 Å². The van der Waals surface area contributed by atoms with E-state index >= 15 is 0 Å². The topological polar surface area (TPSA) is 29.1 Å². The van der Waals surface area contributed by atoms with Gasteiger partial charge in [-0.25, -0.2) is 0 Å². The van der Waals surface area contributed by atoms with Gasteiger partial charge in [0, 0.05) is 9.77 Å². The Kier molecular flexibility index (Phi) is 4.97. The third-order valence-electron chi connectivity index (χ3n) is 3.33. The van der Waals surface area contributed by atoms with Gasteiger partial charge < -0.3 is 5.32 Å². The summed E-state index contributed by atoms with van der Waals surface area (Å²) in [5.41, 5.74) is 1.86. The molecule has 5 heteroatoms. The summed E-state index contributed by atoms with van der Waals surface area (Å²) in [5, 5.41) is 9.34. The van der Waals surface area contributed by atoms with Gasteiger partial charge in [0.05, 0.1) is 11.6 Å². The lowest BCUT2D eigenvalue weighted by molar-refractivity contribution is 0.0940. The molecular formula is C17H15NOS3. The molecule has 1 amide bonds. The van der Waals surface area contributed by atoms with Gasteiger partial charge in [0.25, 0.3) is 5.91 Å². The highest BCUT2D eigenvalue weighted by Gasteiger charge is 2.20. The van der Waals surface area contributed by atoms with E-state index in [9.17, 15) is 4.79 Å². The lowest BCUT2D eigenvalue weighted by Crippen LogP contribution is -2.28. The molecule has 3 rings (SSSR count). The van der Waals surface area contributed by atoms with Crippen molar-refractivity contribution in [2.24, 2.45) is 0 Å². The lowest BCUT2D eigenvalue weighted by atomic mass is 10.1. The number of hydrogen-bond acceptors (Lipinski definition) is 4. The second-order valence-corrected chi connectivity index (χ2v) is 7.29. The van der Waals surface area contributed by atoms with Gasteiger partial charge in [-0.2, -0.15) is 11.3 Å². The van der Waals surface area contributed by atoms with Crippen molar-refractivity contribution >= 4 is 40.3 Å². The summed E-state index contributed by atoms with van der Waals surface area (Å²) >= 11 is 4.90. The molecule has 0 saturated carbocycles. The summed E-state index contributed by atoms with van der Waals surface area (Å²) in [6, 6.07) is 13.8. The summed E-state index contributed by atoms with van der Waals surface area (Å²) in [6.07, 6.45) is 1.99. The molecule has 0 aliphatic heterocycles.